The van der Waals surface area contributed by atoms with E-state index in [1.165, 1.54) is 44.9 Å². The van der Waals surface area contributed by atoms with Gasteiger partial charge >= 0.3 is 0 Å². The highest BCUT2D eigenvalue weighted by molar-refractivity contribution is 5.77. The second kappa shape index (κ2) is 8.17. The molecule has 2 rings (SSSR count). The normalized spacial score (nSPS) is 21.5. The summed E-state index contributed by atoms with van der Waals surface area (Å²) in [6.07, 6.45) is 10.9. The third-order valence-electron chi connectivity index (χ3n) is 5.09. The second-order valence-electron chi connectivity index (χ2n) is 7.72. The summed E-state index contributed by atoms with van der Waals surface area (Å²) in [4.78, 5) is 14.9. The van der Waals surface area contributed by atoms with E-state index in [0.717, 1.165) is 18.9 Å². The number of hydrogen-bond acceptors (Lipinski definition) is 2. The van der Waals surface area contributed by atoms with Crippen LogP contribution in [-0.4, -0.2) is 29.9 Å². The summed E-state index contributed by atoms with van der Waals surface area (Å²) >= 11 is 0. The third-order valence-corrected chi connectivity index (χ3v) is 5.09. The fourth-order valence-corrected chi connectivity index (χ4v) is 3.78. The molecule has 0 radical (unpaired) electrons. The van der Waals surface area contributed by atoms with Crippen molar-refractivity contribution in [3.05, 3.63) is 0 Å². The Bertz CT molecular complexity index is 319. The largest absolute Gasteiger partial charge is 0.339 e. The Kier molecular flexibility index (Phi) is 6.53. The lowest BCUT2D eigenvalue weighted by Crippen LogP contribution is -2.39. The summed E-state index contributed by atoms with van der Waals surface area (Å²) in [6, 6.07) is 0.553. The first-order chi connectivity index (χ1) is 10.1. The summed E-state index contributed by atoms with van der Waals surface area (Å²) < 4.78 is 0. The van der Waals surface area contributed by atoms with Crippen LogP contribution in [0.1, 0.15) is 71.6 Å². The quantitative estimate of drug-likeness (QED) is 0.744. The number of hydrogen-bond donors (Lipinski definition) is 1. The average molecular weight is 294 g/mol. The van der Waals surface area contributed by atoms with E-state index >= 15 is 0 Å². The molecule has 2 aliphatic carbocycles. The highest BCUT2D eigenvalue weighted by Crippen LogP contribution is 2.32. The molecule has 0 aromatic heterocycles. The summed E-state index contributed by atoms with van der Waals surface area (Å²) in [5, 5.41) is 0. The molecule has 2 fully saturated rings. The summed E-state index contributed by atoms with van der Waals surface area (Å²) in [7, 11) is 0. The number of carbonyl (C=O) groups is 1. The van der Waals surface area contributed by atoms with Gasteiger partial charge in [-0.15, -0.1) is 0 Å². The first-order valence-electron chi connectivity index (χ1n) is 9.09. The van der Waals surface area contributed by atoms with E-state index in [9.17, 15) is 4.79 Å². The first-order valence-corrected chi connectivity index (χ1v) is 9.09. The van der Waals surface area contributed by atoms with Gasteiger partial charge in [0.2, 0.25) is 5.91 Å². The number of rotatable bonds is 8. The maximum absolute atomic E-state index is 12.7. The lowest BCUT2D eigenvalue weighted by Gasteiger charge is -2.31. The smallest absolute Gasteiger partial charge is 0.223 e. The molecule has 1 unspecified atom stereocenters. The van der Waals surface area contributed by atoms with Crippen LogP contribution >= 0.6 is 0 Å². The van der Waals surface area contributed by atoms with Crippen LogP contribution in [0.25, 0.3) is 0 Å². The Morgan fingerprint density at radius 1 is 1.14 bits per heavy atom. The Hall–Kier alpha value is -0.570. The molecule has 1 amide bonds. The van der Waals surface area contributed by atoms with E-state index in [1.807, 2.05) is 0 Å². The standard InChI is InChI=1S/C18H34N2O/c1-14(2)10-16(12-19)11-18(21)20(17-8-9-17)13-15-6-4-3-5-7-15/h14-17H,3-13,19H2,1-2H3. The summed E-state index contributed by atoms with van der Waals surface area (Å²) in [6.45, 7) is 6.09. The van der Waals surface area contributed by atoms with Crippen LogP contribution in [-0.2, 0) is 4.79 Å². The van der Waals surface area contributed by atoms with E-state index in [4.69, 9.17) is 5.73 Å². The fraction of sp³-hybridized carbons (Fsp3) is 0.944. The minimum Gasteiger partial charge on any atom is -0.339 e. The predicted octanol–water partition coefficient (Wildman–Crippen LogP) is 3.57. The predicted molar refractivity (Wildman–Crippen MR) is 87.9 cm³/mol. The van der Waals surface area contributed by atoms with Crippen molar-refractivity contribution >= 4 is 5.91 Å². The minimum absolute atomic E-state index is 0.366. The van der Waals surface area contributed by atoms with Gasteiger partial charge in [0.1, 0.15) is 0 Å². The van der Waals surface area contributed by atoms with Gasteiger partial charge in [-0.1, -0.05) is 33.1 Å². The molecule has 21 heavy (non-hydrogen) atoms. The van der Waals surface area contributed by atoms with Crippen molar-refractivity contribution in [3.8, 4) is 0 Å². The summed E-state index contributed by atoms with van der Waals surface area (Å²) in [5.74, 6) is 2.12. The summed E-state index contributed by atoms with van der Waals surface area (Å²) in [5.41, 5.74) is 5.87. The van der Waals surface area contributed by atoms with Gasteiger partial charge in [0.25, 0.3) is 0 Å². The molecule has 3 nitrogen and oxygen atoms in total. The van der Waals surface area contributed by atoms with Crippen molar-refractivity contribution in [1.29, 1.82) is 0 Å². The molecule has 1 atom stereocenters. The Morgan fingerprint density at radius 2 is 1.81 bits per heavy atom. The van der Waals surface area contributed by atoms with Gasteiger partial charge in [-0.2, -0.15) is 0 Å². The lowest BCUT2D eigenvalue weighted by atomic mass is 9.88. The van der Waals surface area contributed by atoms with Crippen molar-refractivity contribution in [2.45, 2.75) is 77.7 Å². The van der Waals surface area contributed by atoms with Gasteiger partial charge in [0.05, 0.1) is 0 Å². The van der Waals surface area contributed by atoms with Crippen LogP contribution < -0.4 is 5.73 Å². The molecular weight excluding hydrogens is 260 g/mol. The Morgan fingerprint density at radius 3 is 2.33 bits per heavy atom. The monoisotopic (exact) mass is 294 g/mol. The van der Waals surface area contributed by atoms with E-state index in [-0.39, 0.29) is 0 Å². The SMILES string of the molecule is CC(C)CC(CN)CC(=O)N(CC1CCCCC1)C1CC1. The molecule has 3 heteroatoms. The van der Waals surface area contributed by atoms with Gasteiger partial charge in [0.15, 0.2) is 0 Å². The maximum atomic E-state index is 12.7. The first kappa shape index (κ1) is 16.8. The molecule has 0 aromatic carbocycles. The number of nitrogens with zero attached hydrogens (tertiary/aromatic N) is 1. The van der Waals surface area contributed by atoms with Crippen LogP contribution in [0.3, 0.4) is 0 Å². The Balaban J connectivity index is 1.86. The zero-order valence-corrected chi connectivity index (χ0v) is 14.0. The molecule has 2 aliphatic rings. The fourth-order valence-electron chi connectivity index (χ4n) is 3.78. The van der Waals surface area contributed by atoms with E-state index < -0.39 is 0 Å². The van der Waals surface area contributed by atoms with Crippen LogP contribution in [0, 0.1) is 17.8 Å². The molecule has 0 aliphatic heterocycles. The highest BCUT2D eigenvalue weighted by Gasteiger charge is 2.34. The molecule has 0 aromatic rings. The van der Waals surface area contributed by atoms with E-state index in [0.29, 0.717) is 36.8 Å². The van der Waals surface area contributed by atoms with Crippen molar-refractivity contribution < 1.29 is 4.79 Å². The van der Waals surface area contributed by atoms with Gasteiger partial charge in [-0.25, -0.2) is 0 Å². The molecule has 0 spiro atoms. The molecule has 0 bridgehead atoms. The molecular formula is C18H34N2O. The van der Waals surface area contributed by atoms with Gasteiger partial charge in [-0.05, 0) is 56.4 Å². The van der Waals surface area contributed by atoms with Crippen LogP contribution in [0.2, 0.25) is 0 Å². The average Bonchev–Trinajstić information content (AvgIpc) is 3.29. The molecule has 0 heterocycles. The van der Waals surface area contributed by atoms with E-state index in [2.05, 4.69) is 18.7 Å². The Labute approximate surface area is 130 Å². The van der Waals surface area contributed by atoms with Crippen molar-refractivity contribution in [1.82, 2.24) is 4.90 Å². The van der Waals surface area contributed by atoms with Crippen LogP contribution in [0.15, 0.2) is 0 Å². The van der Waals surface area contributed by atoms with Crippen molar-refractivity contribution in [2.24, 2.45) is 23.5 Å². The lowest BCUT2D eigenvalue weighted by molar-refractivity contribution is -0.133. The molecule has 2 saturated carbocycles. The second-order valence-corrected chi connectivity index (χ2v) is 7.72. The van der Waals surface area contributed by atoms with Crippen molar-refractivity contribution in [2.75, 3.05) is 13.1 Å². The molecule has 2 N–H and O–H groups in total. The van der Waals surface area contributed by atoms with Crippen molar-refractivity contribution in [3.63, 3.8) is 0 Å². The molecule has 122 valence electrons. The highest BCUT2D eigenvalue weighted by atomic mass is 16.2. The topological polar surface area (TPSA) is 46.3 Å². The third kappa shape index (κ3) is 5.61. The number of carbonyl (C=O) groups excluding carboxylic acids is 1. The van der Waals surface area contributed by atoms with Gasteiger partial charge < -0.3 is 10.6 Å². The molecule has 0 saturated heterocycles. The van der Waals surface area contributed by atoms with E-state index in [1.54, 1.807) is 0 Å². The van der Waals surface area contributed by atoms with Gasteiger partial charge in [0, 0.05) is 19.0 Å². The number of amides is 1. The van der Waals surface area contributed by atoms with Gasteiger partial charge in [-0.3, -0.25) is 4.79 Å². The van der Waals surface area contributed by atoms with Crippen LogP contribution in [0.5, 0.6) is 0 Å². The number of nitrogens with two attached hydrogens (primary N) is 1. The van der Waals surface area contributed by atoms with Crippen LogP contribution in [0.4, 0.5) is 0 Å². The zero-order valence-electron chi connectivity index (χ0n) is 14.0. The maximum Gasteiger partial charge on any atom is 0.223 e. The minimum atomic E-state index is 0.366. The zero-order chi connectivity index (χ0) is 15.2.